The summed E-state index contributed by atoms with van der Waals surface area (Å²) in [6, 6.07) is 7.03. The predicted octanol–water partition coefficient (Wildman–Crippen LogP) is 3.17. The fourth-order valence-electron chi connectivity index (χ4n) is 1.47. The van der Waals surface area contributed by atoms with Gasteiger partial charge in [-0.05, 0) is 39.9 Å². The molecule has 2 aromatic carbocycles. The van der Waals surface area contributed by atoms with Gasteiger partial charge in [0.15, 0.2) is 11.6 Å². The number of hydrogen-bond acceptors (Lipinski definition) is 0. The highest BCUT2D eigenvalue weighted by Gasteiger charge is 2.15. The minimum absolute atomic E-state index is 0.0113. The van der Waals surface area contributed by atoms with Crippen molar-refractivity contribution in [2.24, 2.45) is 0 Å². The predicted molar refractivity (Wildman–Crippen MR) is 69.9 cm³/mol. The average molecular weight is 361 g/mol. The summed E-state index contributed by atoms with van der Waals surface area (Å²) >= 11 is 1.95. The SMILES string of the molecule is Fc1cc(I)ccc1-c1ccc([Si])c(F)c1F. The molecule has 2 aromatic rings. The van der Waals surface area contributed by atoms with Crippen LogP contribution in [0.3, 0.4) is 0 Å². The van der Waals surface area contributed by atoms with Crippen LogP contribution in [0.2, 0.25) is 0 Å². The zero-order valence-corrected chi connectivity index (χ0v) is 11.6. The quantitative estimate of drug-likeness (QED) is 0.541. The van der Waals surface area contributed by atoms with E-state index in [2.05, 4.69) is 10.2 Å². The van der Waals surface area contributed by atoms with Crippen LogP contribution in [0.25, 0.3) is 11.1 Å². The van der Waals surface area contributed by atoms with Gasteiger partial charge in [-0.25, -0.2) is 13.2 Å². The van der Waals surface area contributed by atoms with E-state index in [1.165, 1.54) is 24.3 Å². The molecule has 0 saturated heterocycles. The molecule has 0 fully saturated rings. The molecule has 3 radical (unpaired) electrons. The Morgan fingerprint density at radius 2 is 1.53 bits per heavy atom. The maximum Gasteiger partial charge on any atom is 0.166 e. The summed E-state index contributed by atoms with van der Waals surface area (Å²) in [5.74, 6) is -2.65. The van der Waals surface area contributed by atoms with E-state index in [1.807, 2.05) is 22.6 Å². The summed E-state index contributed by atoms with van der Waals surface area (Å²) in [5, 5.41) is 0.0113. The molecule has 0 nitrogen and oxygen atoms in total. The minimum atomic E-state index is -1.06. The van der Waals surface area contributed by atoms with E-state index in [0.717, 1.165) is 0 Å². The molecule has 0 aliphatic rings. The van der Waals surface area contributed by atoms with E-state index in [-0.39, 0.29) is 16.3 Å². The van der Waals surface area contributed by atoms with Gasteiger partial charge in [-0.15, -0.1) is 0 Å². The Morgan fingerprint density at radius 3 is 2.18 bits per heavy atom. The molecule has 0 N–H and O–H groups in total. The van der Waals surface area contributed by atoms with Crippen LogP contribution in [0.15, 0.2) is 30.3 Å². The first-order valence-corrected chi connectivity index (χ1v) is 6.23. The van der Waals surface area contributed by atoms with Crippen LogP contribution in [0.1, 0.15) is 0 Å². The maximum absolute atomic E-state index is 13.7. The lowest BCUT2D eigenvalue weighted by atomic mass is 10.0. The molecule has 0 atom stereocenters. The van der Waals surface area contributed by atoms with Crippen LogP contribution >= 0.6 is 22.6 Å². The van der Waals surface area contributed by atoms with Gasteiger partial charge in [0.05, 0.1) is 10.2 Å². The minimum Gasteiger partial charge on any atom is -0.206 e. The van der Waals surface area contributed by atoms with Crippen molar-refractivity contribution in [3.63, 3.8) is 0 Å². The summed E-state index contributed by atoms with van der Waals surface area (Å²) in [7, 11) is 2.93. The Labute approximate surface area is 113 Å². The first kappa shape index (κ1) is 12.6. The molecular formula is C12H5F3ISi. The second-order valence-electron chi connectivity index (χ2n) is 3.41. The normalized spacial score (nSPS) is 10.6. The number of hydrogen-bond donors (Lipinski definition) is 0. The molecule has 0 aliphatic heterocycles. The Morgan fingerprint density at radius 1 is 0.882 bits per heavy atom. The van der Waals surface area contributed by atoms with Gasteiger partial charge in [-0.1, -0.05) is 18.2 Å². The van der Waals surface area contributed by atoms with Crippen LogP contribution in [-0.2, 0) is 0 Å². The van der Waals surface area contributed by atoms with Gasteiger partial charge in [0, 0.05) is 14.7 Å². The molecule has 5 heteroatoms. The van der Waals surface area contributed by atoms with Gasteiger partial charge in [-0.3, -0.25) is 0 Å². The molecule has 0 aliphatic carbocycles. The van der Waals surface area contributed by atoms with Gasteiger partial charge in [0.1, 0.15) is 5.82 Å². The lowest BCUT2D eigenvalue weighted by molar-refractivity contribution is 0.516. The topological polar surface area (TPSA) is 0 Å². The van der Waals surface area contributed by atoms with E-state index < -0.39 is 17.5 Å². The van der Waals surface area contributed by atoms with Crippen LogP contribution in [0, 0.1) is 21.0 Å². The van der Waals surface area contributed by atoms with Crippen molar-refractivity contribution in [1.82, 2.24) is 0 Å². The van der Waals surface area contributed by atoms with Crippen molar-refractivity contribution in [2.75, 3.05) is 0 Å². The molecule has 0 saturated carbocycles. The van der Waals surface area contributed by atoms with Crippen LogP contribution in [0.5, 0.6) is 0 Å². The van der Waals surface area contributed by atoms with E-state index in [1.54, 1.807) is 6.07 Å². The molecule has 2 rings (SSSR count). The third kappa shape index (κ3) is 2.39. The summed E-state index contributed by atoms with van der Waals surface area (Å²) in [5.41, 5.74) is -0.0353. The highest BCUT2D eigenvalue weighted by molar-refractivity contribution is 14.1. The monoisotopic (exact) mass is 361 g/mol. The number of rotatable bonds is 1. The van der Waals surface area contributed by atoms with Crippen molar-refractivity contribution >= 4 is 38.0 Å². The fraction of sp³-hybridized carbons (Fsp3) is 0. The molecular weight excluding hydrogens is 356 g/mol. The molecule has 0 amide bonds. The number of benzene rings is 2. The van der Waals surface area contributed by atoms with E-state index in [4.69, 9.17) is 0 Å². The summed E-state index contributed by atoms with van der Waals surface area (Å²) in [6.45, 7) is 0. The third-order valence-corrected chi connectivity index (χ3v) is 3.36. The third-order valence-electron chi connectivity index (χ3n) is 2.30. The lowest BCUT2D eigenvalue weighted by Crippen LogP contribution is -2.11. The van der Waals surface area contributed by atoms with E-state index in [0.29, 0.717) is 3.57 Å². The molecule has 0 aromatic heterocycles. The second-order valence-corrected chi connectivity index (χ2v) is 5.20. The van der Waals surface area contributed by atoms with Gasteiger partial charge < -0.3 is 0 Å². The zero-order valence-electron chi connectivity index (χ0n) is 8.40. The van der Waals surface area contributed by atoms with Crippen molar-refractivity contribution in [1.29, 1.82) is 0 Å². The lowest BCUT2D eigenvalue weighted by Gasteiger charge is -2.07. The van der Waals surface area contributed by atoms with Crippen LogP contribution < -0.4 is 5.19 Å². The van der Waals surface area contributed by atoms with Crippen LogP contribution in [0.4, 0.5) is 13.2 Å². The van der Waals surface area contributed by atoms with Gasteiger partial charge in [0.25, 0.3) is 0 Å². The number of halogens is 4. The summed E-state index contributed by atoms with van der Waals surface area (Å²) in [4.78, 5) is 0. The largest absolute Gasteiger partial charge is 0.206 e. The Kier molecular flexibility index (Phi) is 3.57. The summed E-state index contributed by atoms with van der Waals surface area (Å²) < 4.78 is 41.3. The van der Waals surface area contributed by atoms with Crippen molar-refractivity contribution in [3.8, 4) is 11.1 Å². The average Bonchev–Trinajstić information content (AvgIpc) is 2.28. The van der Waals surface area contributed by atoms with Gasteiger partial charge in [0.2, 0.25) is 0 Å². The van der Waals surface area contributed by atoms with E-state index >= 15 is 0 Å². The molecule has 0 bridgehead atoms. The standard InChI is InChI=1S/C12H5F3ISi/c13-9-5-6(16)1-2-7(9)8-3-4-10(17)12(15)11(8)14/h1-5H. The highest BCUT2D eigenvalue weighted by atomic mass is 127. The van der Waals surface area contributed by atoms with Crippen LogP contribution in [-0.4, -0.2) is 10.2 Å². The molecule has 85 valence electrons. The summed E-state index contributed by atoms with van der Waals surface area (Å²) in [6.07, 6.45) is 0. The van der Waals surface area contributed by atoms with Gasteiger partial charge >= 0.3 is 0 Å². The first-order chi connectivity index (χ1) is 8.00. The Bertz CT molecular complexity index is 584. The maximum atomic E-state index is 13.7. The van der Waals surface area contributed by atoms with Crippen molar-refractivity contribution < 1.29 is 13.2 Å². The van der Waals surface area contributed by atoms with Gasteiger partial charge in [-0.2, -0.15) is 0 Å². The molecule has 0 heterocycles. The first-order valence-electron chi connectivity index (χ1n) is 4.65. The van der Waals surface area contributed by atoms with Crippen molar-refractivity contribution in [3.05, 3.63) is 51.4 Å². The Balaban J connectivity index is 2.65. The van der Waals surface area contributed by atoms with Crippen molar-refractivity contribution in [2.45, 2.75) is 0 Å². The zero-order chi connectivity index (χ0) is 12.6. The molecule has 0 spiro atoms. The second kappa shape index (κ2) is 4.81. The Hall–Kier alpha value is -0.823. The molecule has 17 heavy (non-hydrogen) atoms. The smallest absolute Gasteiger partial charge is 0.166 e. The highest BCUT2D eigenvalue weighted by Crippen LogP contribution is 2.27. The fourth-order valence-corrected chi connectivity index (χ4v) is 2.11. The molecule has 0 unspecified atom stereocenters. The van der Waals surface area contributed by atoms with E-state index in [9.17, 15) is 13.2 Å².